The predicted molar refractivity (Wildman–Crippen MR) is 76.4 cm³/mol. The van der Waals surface area contributed by atoms with Gasteiger partial charge in [0.1, 0.15) is 0 Å². The van der Waals surface area contributed by atoms with Gasteiger partial charge in [-0.1, -0.05) is 0 Å². The molecule has 0 radical (unpaired) electrons. The Morgan fingerprint density at radius 3 is 2.85 bits per heavy atom. The van der Waals surface area contributed by atoms with E-state index in [0.29, 0.717) is 37.6 Å². The molecule has 0 aliphatic carbocycles. The van der Waals surface area contributed by atoms with E-state index in [0.717, 1.165) is 19.5 Å². The number of nitrogens with zero attached hydrogens (tertiary/aromatic N) is 4. The van der Waals surface area contributed by atoms with Crippen molar-refractivity contribution < 1.29 is 9.90 Å². The zero-order chi connectivity index (χ0) is 14.5. The van der Waals surface area contributed by atoms with E-state index < -0.39 is 0 Å². The molecule has 1 amide bonds. The van der Waals surface area contributed by atoms with Gasteiger partial charge in [0.15, 0.2) is 5.69 Å². The van der Waals surface area contributed by atoms with Gasteiger partial charge in [-0.25, -0.2) is 0 Å². The van der Waals surface area contributed by atoms with Crippen LogP contribution in [-0.2, 0) is 6.54 Å². The molecule has 1 aromatic rings. The maximum Gasteiger partial charge on any atom is 0.276 e. The quantitative estimate of drug-likeness (QED) is 0.786. The first-order valence-electron chi connectivity index (χ1n) is 7.11. The first-order valence-corrected chi connectivity index (χ1v) is 7.11. The molecule has 3 N–H and O–H groups in total. The summed E-state index contributed by atoms with van der Waals surface area (Å²) < 4.78 is 1.68. The number of hydrogen-bond acceptors (Lipinski definition) is 5. The lowest BCUT2D eigenvalue weighted by atomic mass is 10.3. The molecule has 20 heavy (non-hydrogen) atoms. The minimum atomic E-state index is -0.0967. The Balaban J connectivity index is 2.03. The number of hydrogen-bond donors (Lipinski definition) is 2. The molecule has 7 heteroatoms. The van der Waals surface area contributed by atoms with Crippen molar-refractivity contribution in [1.29, 1.82) is 0 Å². The Labute approximate surface area is 118 Å². The molecule has 0 unspecified atom stereocenters. The smallest absolute Gasteiger partial charge is 0.276 e. The summed E-state index contributed by atoms with van der Waals surface area (Å²) in [4.78, 5) is 16.4. The second-order valence-electron chi connectivity index (χ2n) is 5.00. The Morgan fingerprint density at radius 2 is 2.20 bits per heavy atom. The van der Waals surface area contributed by atoms with Gasteiger partial charge in [0.05, 0.1) is 12.3 Å². The zero-order valence-corrected chi connectivity index (χ0v) is 12.0. The first kappa shape index (κ1) is 14.8. The van der Waals surface area contributed by atoms with Crippen LogP contribution in [0.15, 0.2) is 6.20 Å². The highest BCUT2D eigenvalue weighted by Crippen LogP contribution is 2.14. The second kappa shape index (κ2) is 6.71. The highest BCUT2D eigenvalue weighted by molar-refractivity contribution is 5.97. The number of β-amino-alcohol motifs (C(OH)–C–C–N with tert-alkyl or cyclic N) is 1. The van der Waals surface area contributed by atoms with E-state index in [2.05, 4.69) is 10.00 Å². The molecular formula is C13H23N5O2. The highest BCUT2D eigenvalue weighted by atomic mass is 16.3. The van der Waals surface area contributed by atoms with Crippen LogP contribution >= 0.6 is 0 Å². The van der Waals surface area contributed by atoms with Crippen LogP contribution < -0.4 is 5.73 Å². The Hall–Kier alpha value is -1.60. The lowest BCUT2D eigenvalue weighted by molar-refractivity contribution is 0.0754. The van der Waals surface area contributed by atoms with Gasteiger partial charge < -0.3 is 15.7 Å². The summed E-state index contributed by atoms with van der Waals surface area (Å²) in [7, 11) is 0. The standard InChI is InChI=1S/C13H23N5O2/c1-2-18-10-11(14)12(15-18)13(20)17-5-3-4-16(6-7-17)8-9-19/h10,19H,2-9,14H2,1H3. The molecule has 0 atom stereocenters. The molecule has 7 nitrogen and oxygen atoms in total. The molecule has 112 valence electrons. The van der Waals surface area contributed by atoms with Crippen molar-refractivity contribution in [1.82, 2.24) is 19.6 Å². The van der Waals surface area contributed by atoms with Crippen molar-refractivity contribution in [3.05, 3.63) is 11.9 Å². The molecule has 0 aromatic carbocycles. The van der Waals surface area contributed by atoms with Crippen molar-refractivity contribution in [2.75, 3.05) is 45.1 Å². The van der Waals surface area contributed by atoms with Crippen LogP contribution in [0, 0.1) is 0 Å². The summed E-state index contributed by atoms with van der Waals surface area (Å²) in [5, 5.41) is 13.2. The summed E-state index contributed by atoms with van der Waals surface area (Å²) in [6.45, 7) is 6.51. The number of carbonyl (C=O) groups is 1. The Kier molecular flexibility index (Phi) is 4.97. The fourth-order valence-electron chi connectivity index (χ4n) is 2.45. The number of nitrogen functional groups attached to an aromatic ring is 1. The number of aryl methyl sites for hydroxylation is 1. The summed E-state index contributed by atoms with van der Waals surface area (Å²) in [6, 6.07) is 0. The number of anilines is 1. The van der Waals surface area contributed by atoms with E-state index in [1.165, 1.54) is 0 Å². The van der Waals surface area contributed by atoms with Gasteiger partial charge in [-0.3, -0.25) is 14.4 Å². The number of rotatable bonds is 4. The SMILES string of the molecule is CCn1cc(N)c(C(=O)N2CCCN(CCO)CC2)n1. The number of aliphatic hydroxyl groups is 1. The van der Waals surface area contributed by atoms with Crippen molar-refractivity contribution in [2.24, 2.45) is 0 Å². The van der Waals surface area contributed by atoms with Crippen LogP contribution in [0.5, 0.6) is 0 Å². The molecule has 1 aliphatic heterocycles. The molecule has 0 spiro atoms. The molecule has 1 aliphatic rings. The molecule has 2 rings (SSSR count). The van der Waals surface area contributed by atoms with Gasteiger partial charge in [-0.05, 0) is 19.9 Å². The fraction of sp³-hybridized carbons (Fsp3) is 0.692. The molecule has 0 saturated carbocycles. The van der Waals surface area contributed by atoms with Gasteiger partial charge >= 0.3 is 0 Å². The fourth-order valence-corrected chi connectivity index (χ4v) is 2.45. The Bertz CT molecular complexity index is 460. The highest BCUT2D eigenvalue weighted by Gasteiger charge is 2.23. The maximum atomic E-state index is 12.5. The van der Waals surface area contributed by atoms with E-state index in [-0.39, 0.29) is 12.5 Å². The minimum Gasteiger partial charge on any atom is -0.396 e. The molecule has 1 fully saturated rings. The minimum absolute atomic E-state index is 0.0967. The van der Waals surface area contributed by atoms with Crippen LogP contribution in [0.4, 0.5) is 5.69 Å². The van der Waals surface area contributed by atoms with Crippen LogP contribution in [0.1, 0.15) is 23.8 Å². The van der Waals surface area contributed by atoms with E-state index in [1.807, 2.05) is 6.92 Å². The summed E-state index contributed by atoms with van der Waals surface area (Å²) in [5.41, 5.74) is 6.65. The van der Waals surface area contributed by atoms with E-state index in [4.69, 9.17) is 10.8 Å². The monoisotopic (exact) mass is 281 g/mol. The van der Waals surface area contributed by atoms with Crippen molar-refractivity contribution in [3.63, 3.8) is 0 Å². The predicted octanol–water partition coefficient (Wildman–Crippen LogP) is -0.375. The topological polar surface area (TPSA) is 87.6 Å². The molecule has 2 heterocycles. The number of aromatic nitrogens is 2. The van der Waals surface area contributed by atoms with Crippen LogP contribution in [-0.4, -0.2) is 69.9 Å². The van der Waals surface area contributed by atoms with Gasteiger partial charge in [0.2, 0.25) is 0 Å². The van der Waals surface area contributed by atoms with Gasteiger partial charge in [0, 0.05) is 38.9 Å². The summed E-state index contributed by atoms with van der Waals surface area (Å²) in [6.07, 6.45) is 2.60. The number of nitrogens with two attached hydrogens (primary N) is 1. The van der Waals surface area contributed by atoms with Crippen molar-refractivity contribution in [3.8, 4) is 0 Å². The molecular weight excluding hydrogens is 258 g/mol. The van der Waals surface area contributed by atoms with Crippen LogP contribution in [0.2, 0.25) is 0 Å². The number of carbonyl (C=O) groups excluding carboxylic acids is 1. The van der Waals surface area contributed by atoms with Gasteiger partial charge in [-0.2, -0.15) is 5.10 Å². The van der Waals surface area contributed by atoms with E-state index in [9.17, 15) is 4.79 Å². The first-order chi connectivity index (χ1) is 9.65. The maximum absolute atomic E-state index is 12.5. The van der Waals surface area contributed by atoms with E-state index in [1.54, 1.807) is 15.8 Å². The van der Waals surface area contributed by atoms with E-state index >= 15 is 0 Å². The third-order valence-corrected chi connectivity index (χ3v) is 3.61. The number of aliphatic hydroxyl groups excluding tert-OH is 1. The third kappa shape index (κ3) is 3.29. The third-order valence-electron chi connectivity index (χ3n) is 3.61. The lowest BCUT2D eigenvalue weighted by Gasteiger charge is -2.20. The van der Waals surface area contributed by atoms with Crippen LogP contribution in [0.25, 0.3) is 0 Å². The van der Waals surface area contributed by atoms with Crippen LogP contribution in [0.3, 0.4) is 0 Å². The normalized spacial score (nSPS) is 17.2. The van der Waals surface area contributed by atoms with Gasteiger partial charge in [0.25, 0.3) is 5.91 Å². The van der Waals surface area contributed by atoms with Crippen molar-refractivity contribution >= 4 is 11.6 Å². The molecule has 0 bridgehead atoms. The largest absolute Gasteiger partial charge is 0.396 e. The molecule has 1 aromatic heterocycles. The van der Waals surface area contributed by atoms with Crippen molar-refractivity contribution in [2.45, 2.75) is 19.9 Å². The number of amides is 1. The lowest BCUT2D eigenvalue weighted by Crippen LogP contribution is -2.36. The Morgan fingerprint density at radius 1 is 1.40 bits per heavy atom. The molecule has 1 saturated heterocycles. The zero-order valence-electron chi connectivity index (χ0n) is 12.0. The summed E-state index contributed by atoms with van der Waals surface area (Å²) >= 11 is 0. The summed E-state index contributed by atoms with van der Waals surface area (Å²) in [5.74, 6) is -0.0967. The second-order valence-corrected chi connectivity index (χ2v) is 5.00. The average molecular weight is 281 g/mol. The average Bonchev–Trinajstić information content (AvgIpc) is 2.67. The van der Waals surface area contributed by atoms with Gasteiger partial charge in [-0.15, -0.1) is 0 Å².